The minimum Gasteiger partial charge on any atom is -0.497 e. The van der Waals surface area contributed by atoms with Crippen LogP contribution >= 0.6 is 0 Å². The van der Waals surface area contributed by atoms with Gasteiger partial charge in [0.25, 0.3) is 0 Å². The number of aryl methyl sites for hydroxylation is 1. The number of benzene rings is 1. The standard InChI is InChI=1S/C16H23NO5/c1-16(2,15(19)20)10-17-14(18)6-5-11-7-12(21-3)9-13(8-11)22-4/h7-9H,5-6,10H2,1-4H3,(H,17,18)(H,19,20). The molecule has 0 heterocycles. The maximum absolute atomic E-state index is 11.8. The lowest BCUT2D eigenvalue weighted by molar-refractivity contribution is -0.146. The van der Waals surface area contributed by atoms with E-state index in [9.17, 15) is 9.59 Å². The van der Waals surface area contributed by atoms with Gasteiger partial charge in [-0.2, -0.15) is 0 Å². The maximum atomic E-state index is 11.8. The molecule has 0 unspecified atom stereocenters. The highest BCUT2D eigenvalue weighted by atomic mass is 16.5. The van der Waals surface area contributed by atoms with Crippen LogP contribution < -0.4 is 14.8 Å². The van der Waals surface area contributed by atoms with E-state index in [1.165, 1.54) is 0 Å². The summed E-state index contributed by atoms with van der Waals surface area (Å²) >= 11 is 0. The topological polar surface area (TPSA) is 84.9 Å². The number of amides is 1. The first kappa shape index (κ1) is 17.8. The van der Waals surface area contributed by atoms with Crippen LogP contribution in [0.4, 0.5) is 0 Å². The maximum Gasteiger partial charge on any atom is 0.310 e. The summed E-state index contributed by atoms with van der Waals surface area (Å²) in [7, 11) is 3.14. The van der Waals surface area contributed by atoms with Crippen molar-refractivity contribution >= 4 is 11.9 Å². The Balaban J connectivity index is 2.55. The normalized spacial score (nSPS) is 10.9. The summed E-state index contributed by atoms with van der Waals surface area (Å²) in [5, 5.41) is 11.6. The summed E-state index contributed by atoms with van der Waals surface area (Å²) in [5.74, 6) is 0.213. The molecule has 2 N–H and O–H groups in total. The van der Waals surface area contributed by atoms with E-state index < -0.39 is 11.4 Å². The van der Waals surface area contributed by atoms with Crippen LogP contribution in [0, 0.1) is 5.41 Å². The van der Waals surface area contributed by atoms with Crippen LogP contribution in [0.15, 0.2) is 18.2 Å². The van der Waals surface area contributed by atoms with Crippen molar-refractivity contribution in [3.8, 4) is 11.5 Å². The highest BCUT2D eigenvalue weighted by Gasteiger charge is 2.27. The number of carboxylic acid groups (broad SMARTS) is 1. The molecule has 1 amide bonds. The van der Waals surface area contributed by atoms with E-state index in [0.29, 0.717) is 17.9 Å². The second kappa shape index (κ2) is 7.68. The largest absolute Gasteiger partial charge is 0.497 e. The molecule has 1 aromatic rings. The van der Waals surface area contributed by atoms with Gasteiger partial charge in [0.05, 0.1) is 19.6 Å². The highest BCUT2D eigenvalue weighted by molar-refractivity contribution is 5.78. The fourth-order valence-electron chi connectivity index (χ4n) is 1.75. The quantitative estimate of drug-likeness (QED) is 0.765. The molecule has 0 saturated carbocycles. The minimum atomic E-state index is -0.977. The van der Waals surface area contributed by atoms with Gasteiger partial charge in [0.15, 0.2) is 0 Å². The molecular formula is C16H23NO5. The Kier molecular flexibility index (Phi) is 6.22. The number of ether oxygens (including phenoxy) is 2. The van der Waals surface area contributed by atoms with Crippen LogP contribution in [0.25, 0.3) is 0 Å². The Morgan fingerprint density at radius 2 is 1.68 bits per heavy atom. The van der Waals surface area contributed by atoms with Gasteiger partial charge in [0.1, 0.15) is 11.5 Å². The number of nitrogens with one attached hydrogen (secondary N) is 1. The van der Waals surface area contributed by atoms with E-state index in [0.717, 1.165) is 5.56 Å². The van der Waals surface area contributed by atoms with Crippen LogP contribution in [-0.2, 0) is 16.0 Å². The van der Waals surface area contributed by atoms with Crippen molar-refractivity contribution in [2.45, 2.75) is 26.7 Å². The summed E-state index contributed by atoms with van der Waals surface area (Å²) in [5.41, 5.74) is -0.0571. The summed E-state index contributed by atoms with van der Waals surface area (Å²) in [6.45, 7) is 3.24. The number of aliphatic carboxylic acids is 1. The van der Waals surface area contributed by atoms with Crippen molar-refractivity contribution in [2.75, 3.05) is 20.8 Å². The first-order valence-corrected chi connectivity index (χ1v) is 7.00. The van der Waals surface area contributed by atoms with Gasteiger partial charge in [-0.15, -0.1) is 0 Å². The first-order chi connectivity index (χ1) is 10.3. The second-order valence-electron chi connectivity index (χ2n) is 5.69. The number of carbonyl (C=O) groups is 2. The fourth-order valence-corrected chi connectivity index (χ4v) is 1.75. The van der Waals surface area contributed by atoms with E-state index in [1.807, 2.05) is 12.1 Å². The number of hydrogen-bond acceptors (Lipinski definition) is 4. The van der Waals surface area contributed by atoms with E-state index in [1.54, 1.807) is 34.1 Å². The molecule has 0 aliphatic rings. The van der Waals surface area contributed by atoms with Gasteiger partial charge in [0.2, 0.25) is 5.91 Å². The number of rotatable bonds is 8. The van der Waals surface area contributed by atoms with Gasteiger partial charge < -0.3 is 19.9 Å². The predicted molar refractivity (Wildman–Crippen MR) is 82.3 cm³/mol. The molecule has 0 spiro atoms. The third-order valence-corrected chi connectivity index (χ3v) is 3.36. The fraction of sp³-hybridized carbons (Fsp3) is 0.500. The molecule has 22 heavy (non-hydrogen) atoms. The lowest BCUT2D eigenvalue weighted by Crippen LogP contribution is -2.38. The second-order valence-corrected chi connectivity index (χ2v) is 5.69. The molecule has 0 aliphatic carbocycles. The van der Waals surface area contributed by atoms with Gasteiger partial charge in [-0.3, -0.25) is 9.59 Å². The Bertz CT molecular complexity index is 517. The third-order valence-electron chi connectivity index (χ3n) is 3.36. The van der Waals surface area contributed by atoms with Gasteiger partial charge in [-0.1, -0.05) is 0 Å². The molecule has 122 valence electrons. The van der Waals surface area contributed by atoms with Crippen molar-refractivity contribution in [3.05, 3.63) is 23.8 Å². The lowest BCUT2D eigenvalue weighted by Gasteiger charge is -2.19. The summed E-state index contributed by atoms with van der Waals surface area (Å²) < 4.78 is 10.4. The predicted octanol–water partition coefficient (Wildman–Crippen LogP) is 1.86. The first-order valence-electron chi connectivity index (χ1n) is 7.00. The van der Waals surface area contributed by atoms with Crippen LogP contribution in [0.5, 0.6) is 11.5 Å². The molecule has 1 aromatic carbocycles. The summed E-state index contributed by atoms with van der Waals surface area (Å²) in [6.07, 6.45) is 0.791. The van der Waals surface area contributed by atoms with Gasteiger partial charge in [-0.25, -0.2) is 0 Å². The molecule has 0 fully saturated rings. The highest BCUT2D eigenvalue weighted by Crippen LogP contribution is 2.23. The van der Waals surface area contributed by atoms with Crippen molar-refractivity contribution in [1.82, 2.24) is 5.32 Å². The molecule has 0 atom stereocenters. The zero-order valence-corrected chi connectivity index (χ0v) is 13.4. The van der Waals surface area contributed by atoms with E-state index in [-0.39, 0.29) is 18.9 Å². The Hall–Kier alpha value is -2.24. The van der Waals surface area contributed by atoms with Gasteiger partial charge >= 0.3 is 5.97 Å². The summed E-state index contributed by atoms with van der Waals surface area (Å²) in [4.78, 5) is 22.8. The van der Waals surface area contributed by atoms with Crippen LogP contribution in [0.2, 0.25) is 0 Å². The van der Waals surface area contributed by atoms with Crippen molar-refractivity contribution < 1.29 is 24.2 Å². The zero-order chi connectivity index (χ0) is 16.8. The average molecular weight is 309 g/mol. The molecule has 0 aromatic heterocycles. The van der Waals surface area contributed by atoms with Crippen molar-refractivity contribution in [3.63, 3.8) is 0 Å². The molecule has 6 heteroatoms. The van der Waals surface area contributed by atoms with Crippen LogP contribution in [-0.4, -0.2) is 37.7 Å². The number of hydrogen-bond donors (Lipinski definition) is 2. The lowest BCUT2D eigenvalue weighted by atomic mass is 9.94. The SMILES string of the molecule is COc1cc(CCC(=O)NCC(C)(C)C(=O)O)cc(OC)c1. The molecule has 0 bridgehead atoms. The minimum absolute atomic E-state index is 0.0998. The smallest absolute Gasteiger partial charge is 0.310 e. The van der Waals surface area contributed by atoms with E-state index >= 15 is 0 Å². The number of carbonyl (C=O) groups excluding carboxylic acids is 1. The molecule has 0 radical (unpaired) electrons. The molecule has 6 nitrogen and oxygen atoms in total. The summed E-state index contributed by atoms with van der Waals surface area (Å²) in [6, 6.07) is 5.45. The molecule has 0 aliphatic heterocycles. The van der Waals surface area contributed by atoms with E-state index in [4.69, 9.17) is 14.6 Å². The van der Waals surface area contributed by atoms with Crippen LogP contribution in [0.3, 0.4) is 0 Å². The van der Waals surface area contributed by atoms with Gasteiger partial charge in [0, 0.05) is 19.0 Å². The average Bonchev–Trinajstić information content (AvgIpc) is 2.50. The van der Waals surface area contributed by atoms with Crippen LogP contribution in [0.1, 0.15) is 25.8 Å². The molecular weight excluding hydrogens is 286 g/mol. The Morgan fingerprint density at radius 1 is 1.14 bits per heavy atom. The third kappa shape index (κ3) is 5.27. The molecule has 1 rings (SSSR count). The van der Waals surface area contributed by atoms with Crippen molar-refractivity contribution in [1.29, 1.82) is 0 Å². The number of methoxy groups -OCH3 is 2. The molecule has 0 saturated heterocycles. The number of carboxylic acids is 1. The van der Waals surface area contributed by atoms with Crippen molar-refractivity contribution in [2.24, 2.45) is 5.41 Å². The van der Waals surface area contributed by atoms with E-state index in [2.05, 4.69) is 5.32 Å². The zero-order valence-electron chi connectivity index (χ0n) is 13.4. The monoisotopic (exact) mass is 309 g/mol. The van der Waals surface area contributed by atoms with Gasteiger partial charge in [-0.05, 0) is 38.0 Å². The Morgan fingerprint density at radius 3 is 2.14 bits per heavy atom. The Labute approximate surface area is 130 Å².